The SMILES string of the molecule is CN[C@@H]1CCN(c2cc(NCC3CC3)nc(N)n2)C1=O. The van der Waals surface area contributed by atoms with Crippen LogP contribution in [0.5, 0.6) is 0 Å². The van der Waals surface area contributed by atoms with Crippen LogP contribution in [0, 0.1) is 5.92 Å². The van der Waals surface area contributed by atoms with Gasteiger partial charge in [-0.2, -0.15) is 9.97 Å². The maximum absolute atomic E-state index is 12.2. The van der Waals surface area contributed by atoms with Crippen LogP contribution < -0.4 is 21.3 Å². The minimum absolute atomic E-state index is 0.0405. The zero-order valence-corrected chi connectivity index (χ0v) is 11.6. The van der Waals surface area contributed by atoms with Crippen LogP contribution in [0.3, 0.4) is 0 Å². The molecule has 2 fully saturated rings. The summed E-state index contributed by atoms with van der Waals surface area (Å²) in [5.74, 6) is 2.26. The Labute approximate surface area is 118 Å². The number of amides is 1. The van der Waals surface area contributed by atoms with Crippen LogP contribution in [0.1, 0.15) is 19.3 Å². The molecule has 1 aromatic heterocycles. The first kappa shape index (κ1) is 13.1. The number of rotatable bonds is 5. The molecule has 2 aliphatic rings. The van der Waals surface area contributed by atoms with Crippen molar-refractivity contribution in [2.75, 3.05) is 36.1 Å². The van der Waals surface area contributed by atoms with Crippen molar-refractivity contribution in [1.29, 1.82) is 0 Å². The molecule has 2 heterocycles. The number of hydrogen-bond donors (Lipinski definition) is 3. The van der Waals surface area contributed by atoms with Crippen LogP contribution in [0.4, 0.5) is 17.6 Å². The van der Waals surface area contributed by atoms with E-state index in [4.69, 9.17) is 5.73 Å². The molecule has 1 amide bonds. The van der Waals surface area contributed by atoms with Crippen molar-refractivity contribution < 1.29 is 4.79 Å². The minimum Gasteiger partial charge on any atom is -0.370 e. The smallest absolute Gasteiger partial charge is 0.245 e. The number of nitrogens with zero attached hydrogens (tertiary/aromatic N) is 3. The normalized spacial score (nSPS) is 22.4. The predicted octanol–water partition coefficient (Wildman–Crippen LogP) is 0.205. The van der Waals surface area contributed by atoms with E-state index in [0.29, 0.717) is 18.2 Å². The Morgan fingerprint density at radius 2 is 2.20 bits per heavy atom. The number of nitrogens with two attached hydrogens (primary N) is 1. The molecule has 0 spiro atoms. The lowest BCUT2D eigenvalue weighted by atomic mass is 10.3. The predicted molar refractivity (Wildman–Crippen MR) is 77.5 cm³/mol. The van der Waals surface area contributed by atoms with E-state index in [0.717, 1.165) is 18.9 Å². The van der Waals surface area contributed by atoms with Gasteiger partial charge in [0.25, 0.3) is 0 Å². The number of nitrogen functional groups attached to an aromatic ring is 1. The molecule has 0 bridgehead atoms. The first-order valence-corrected chi connectivity index (χ1v) is 7.04. The van der Waals surface area contributed by atoms with Gasteiger partial charge in [0, 0.05) is 19.2 Å². The van der Waals surface area contributed by atoms with Crippen molar-refractivity contribution in [2.45, 2.75) is 25.3 Å². The minimum atomic E-state index is -0.130. The zero-order chi connectivity index (χ0) is 14.1. The van der Waals surface area contributed by atoms with E-state index in [1.165, 1.54) is 12.8 Å². The van der Waals surface area contributed by atoms with Gasteiger partial charge in [-0.25, -0.2) is 0 Å². The molecule has 1 aliphatic heterocycles. The molecular weight excluding hydrogens is 256 g/mol. The largest absolute Gasteiger partial charge is 0.370 e. The second-order valence-corrected chi connectivity index (χ2v) is 5.41. The van der Waals surface area contributed by atoms with Crippen molar-refractivity contribution in [1.82, 2.24) is 15.3 Å². The summed E-state index contributed by atoms with van der Waals surface area (Å²) in [6.45, 7) is 1.56. The lowest BCUT2D eigenvalue weighted by Crippen LogP contribution is -2.36. The number of carbonyl (C=O) groups is 1. The highest BCUT2D eigenvalue weighted by Crippen LogP contribution is 2.29. The first-order chi connectivity index (χ1) is 9.67. The Kier molecular flexibility index (Phi) is 3.43. The quantitative estimate of drug-likeness (QED) is 0.711. The molecule has 108 valence electrons. The van der Waals surface area contributed by atoms with Crippen molar-refractivity contribution in [3.05, 3.63) is 6.07 Å². The second-order valence-electron chi connectivity index (χ2n) is 5.41. The Morgan fingerprint density at radius 3 is 2.85 bits per heavy atom. The molecular formula is C13H20N6O. The molecule has 0 unspecified atom stereocenters. The highest BCUT2D eigenvalue weighted by atomic mass is 16.2. The van der Waals surface area contributed by atoms with Gasteiger partial charge in [-0.1, -0.05) is 0 Å². The van der Waals surface area contributed by atoms with Gasteiger partial charge in [0.15, 0.2) is 0 Å². The van der Waals surface area contributed by atoms with Crippen LogP contribution in [0.15, 0.2) is 6.07 Å². The van der Waals surface area contributed by atoms with Gasteiger partial charge in [-0.05, 0) is 32.2 Å². The number of nitrogens with one attached hydrogen (secondary N) is 2. The average molecular weight is 276 g/mol. The molecule has 1 aliphatic carbocycles. The van der Waals surface area contributed by atoms with Crippen LogP contribution in [-0.4, -0.2) is 42.1 Å². The molecule has 7 heteroatoms. The summed E-state index contributed by atoms with van der Waals surface area (Å²) >= 11 is 0. The molecule has 0 radical (unpaired) electrons. The number of hydrogen-bond acceptors (Lipinski definition) is 6. The summed E-state index contributed by atoms with van der Waals surface area (Å²) in [5.41, 5.74) is 5.75. The maximum atomic E-state index is 12.2. The van der Waals surface area contributed by atoms with E-state index in [9.17, 15) is 4.79 Å². The Morgan fingerprint density at radius 1 is 1.40 bits per heavy atom. The molecule has 3 rings (SSSR count). The zero-order valence-electron chi connectivity index (χ0n) is 11.6. The Bertz CT molecular complexity index is 516. The highest BCUT2D eigenvalue weighted by molar-refractivity contribution is 5.98. The molecule has 1 saturated heterocycles. The summed E-state index contributed by atoms with van der Waals surface area (Å²) in [5, 5.41) is 6.28. The van der Waals surface area contributed by atoms with Gasteiger partial charge >= 0.3 is 0 Å². The fraction of sp³-hybridized carbons (Fsp3) is 0.615. The average Bonchev–Trinajstić information content (AvgIpc) is 3.18. The third-order valence-corrected chi connectivity index (χ3v) is 3.83. The summed E-state index contributed by atoms with van der Waals surface area (Å²) < 4.78 is 0. The van der Waals surface area contributed by atoms with Gasteiger partial charge in [0.2, 0.25) is 11.9 Å². The van der Waals surface area contributed by atoms with Crippen LogP contribution in [-0.2, 0) is 4.79 Å². The number of aromatic nitrogens is 2. The van der Waals surface area contributed by atoms with E-state index in [1.54, 1.807) is 18.0 Å². The fourth-order valence-electron chi connectivity index (χ4n) is 2.43. The molecule has 1 saturated carbocycles. The first-order valence-electron chi connectivity index (χ1n) is 7.04. The molecule has 7 nitrogen and oxygen atoms in total. The third kappa shape index (κ3) is 2.67. The molecule has 1 aromatic rings. The van der Waals surface area contributed by atoms with Crippen molar-refractivity contribution in [3.63, 3.8) is 0 Å². The summed E-state index contributed by atoms with van der Waals surface area (Å²) in [6, 6.07) is 1.67. The van der Waals surface area contributed by atoms with Gasteiger partial charge < -0.3 is 16.4 Å². The summed E-state index contributed by atoms with van der Waals surface area (Å²) in [6.07, 6.45) is 3.33. The molecule has 20 heavy (non-hydrogen) atoms. The lowest BCUT2D eigenvalue weighted by molar-refractivity contribution is -0.118. The van der Waals surface area contributed by atoms with E-state index in [1.807, 2.05) is 0 Å². The van der Waals surface area contributed by atoms with Gasteiger partial charge in [-0.15, -0.1) is 0 Å². The van der Waals surface area contributed by atoms with E-state index in [-0.39, 0.29) is 17.9 Å². The molecule has 4 N–H and O–H groups in total. The number of carbonyl (C=O) groups excluding carboxylic acids is 1. The monoisotopic (exact) mass is 276 g/mol. The highest BCUT2D eigenvalue weighted by Gasteiger charge is 2.32. The van der Waals surface area contributed by atoms with Crippen molar-refractivity contribution in [3.8, 4) is 0 Å². The summed E-state index contributed by atoms with van der Waals surface area (Å²) in [4.78, 5) is 22.2. The van der Waals surface area contributed by atoms with Crippen LogP contribution >= 0.6 is 0 Å². The Hall–Kier alpha value is -1.89. The maximum Gasteiger partial charge on any atom is 0.245 e. The lowest BCUT2D eigenvalue weighted by Gasteiger charge is -2.17. The number of anilines is 3. The van der Waals surface area contributed by atoms with E-state index >= 15 is 0 Å². The standard InChI is InChI=1S/C13H20N6O/c1-15-9-4-5-19(12(9)20)11-6-10(17-13(14)18-11)16-7-8-2-3-8/h6,8-9,15H,2-5,7H2,1H3,(H3,14,16,17,18)/t9-/m1/s1. The fourth-order valence-corrected chi connectivity index (χ4v) is 2.43. The van der Waals surface area contributed by atoms with Crippen LogP contribution in [0.25, 0.3) is 0 Å². The summed E-state index contributed by atoms with van der Waals surface area (Å²) in [7, 11) is 1.79. The third-order valence-electron chi connectivity index (χ3n) is 3.83. The number of likely N-dealkylation sites (N-methyl/N-ethyl adjacent to an activating group) is 1. The molecule has 1 atom stereocenters. The van der Waals surface area contributed by atoms with E-state index in [2.05, 4.69) is 20.6 Å². The van der Waals surface area contributed by atoms with Gasteiger partial charge in [0.05, 0.1) is 6.04 Å². The van der Waals surface area contributed by atoms with Gasteiger partial charge in [-0.3, -0.25) is 9.69 Å². The van der Waals surface area contributed by atoms with Crippen molar-refractivity contribution in [2.24, 2.45) is 5.92 Å². The van der Waals surface area contributed by atoms with Crippen LogP contribution in [0.2, 0.25) is 0 Å². The topological polar surface area (TPSA) is 96.2 Å². The second kappa shape index (κ2) is 5.24. The van der Waals surface area contributed by atoms with Gasteiger partial charge in [0.1, 0.15) is 11.6 Å². The molecule has 0 aromatic carbocycles. The Balaban J connectivity index is 1.76. The van der Waals surface area contributed by atoms with E-state index < -0.39 is 0 Å². The van der Waals surface area contributed by atoms with Crippen molar-refractivity contribution >= 4 is 23.5 Å².